The average molecular weight is 586 g/mol. The molecule has 1 aliphatic heterocycles. The SMILES string of the molecule is CN(c1ncccc1CNc1nc(Nc2cccc(C(=O)N3CCC(F)(F)C3)c2)ncc1C(F)(F)F)S(C)(=O)=O. The number of anilines is 4. The standard InChI is InChI=1S/C24H24F5N7O3S/c1-35(40(2,38)39)20-16(6-4-9-30-20)12-31-19-18(24(27,28)29)13-32-22(34-19)33-17-7-3-5-15(11-17)21(37)36-10-8-23(25,26)14-36/h3-7,9,11,13H,8,10,12,14H2,1-2H3,(H2,31,32,33,34). The van der Waals surface area contributed by atoms with Gasteiger partial charge in [0, 0.05) is 55.8 Å². The third kappa shape index (κ3) is 6.73. The van der Waals surface area contributed by atoms with Crippen molar-refractivity contribution >= 4 is 39.2 Å². The highest BCUT2D eigenvalue weighted by Crippen LogP contribution is 2.35. The Bertz CT molecular complexity index is 1520. The van der Waals surface area contributed by atoms with Crippen LogP contribution in [0.1, 0.15) is 27.9 Å². The topological polar surface area (TPSA) is 120 Å². The fourth-order valence-electron chi connectivity index (χ4n) is 3.92. The minimum atomic E-state index is -4.81. The van der Waals surface area contributed by atoms with Crippen molar-refractivity contribution in [2.45, 2.75) is 25.1 Å². The summed E-state index contributed by atoms with van der Waals surface area (Å²) in [7, 11) is -2.42. The average Bonchev–Trinajstić information content (AvgIpc) is 3.25. The molecule has 16 heteroatoms. The first-order chi connectivity index (χ1) is 18.6. The number of hydrogen-bond donors (Lipinski definition) is 2. The lowest BCUT2D eigenvalue weighted by Crippen LogP contribution is -2.31. The Morgan fingerprint density at radius 1 is 1.18 bits per heavy atom. The van der Waals surface area contributed by atoms with Crippen LogP contribution in [-0.2, 0) is 22.7 Å². The number of benzene rings is 1. The molecule has 1 fully saturated rings. The van der Waals surface area contributed by atoms with E-state index in [1.165, 1.54) is 49.6 Å². The van der Waals surface area contributed by atoms with E-state index in [1.54, 1.807) is 0 Å². The molecule has 0 atom stereocenters. The zero-order chi connectivity index (χ0) is 29.3. The van der Waals surface area contributed by atoms with Gasteiger partial charge in [0.05, 0.1) is 12.8 Å². The van der Waals surface area contributed by atoms with Crippen molar-refractivity contribution in [3.05, 3.63) is 65.5 Å². The molecule has 214 valence electrons. The Morgan fingerprint density at radius 2 is 1.93 bits per heavy atom. The van der Waals surface area contributed by atoms with E-state index in [1.807, 2.05) is 0 Å². The highest BCUT2D eigenvalue weighted by Gasteiger charge is 2.40. The minimum absolute atomic E-state index is 0.0238. The van der Waals surface area contributed by atoms with Crippen molar-refractivity contribution in [3.8, 4) is 0 Å². The summed E-state index contributed by atoms with van der Waals surface area (Å²) in [5.74, 6) is -4.38. The second-order valence-corrected chi connectivity index (χ2v) is 11.1. The number of nitrogens with zero attached hydrogens (tertiary/aromatic N) is 5. The second-order valence-electron chi connectivity index (χ2n) is 9.06. The fraction of sp³-hybridized carbons (Fsp3) is 0.333. The number of carbonyl (C=O) groups excluding carboxylic acids is 1. The van der Waals surface area contributed by atoms with Crippen LogP contribution in [-0.4, -0.2) is 66.5 Å². The van der Waals surface area contributed by atoms with Crippen LogP contribution in [0, 0.1) is 0 Å². The summed E-state index contributed by atoms with van der Waals surface area (Å²) in [6.45, 7) is -1.05. The van der Waals surface area contributed by atoms with Gasteiger partial charge in [-0.05, 0) is 24.3 Å². The predicted octanol–water partition coefficient (Wildman–Crippen LogP) is 4.12. The number of hydrogen-bond acceptors (Lipinski definition) is 8. The van der Waals surface area contributed by atoms with Gasteiger partial charge in [0.25, 0.3) is 11.8 Å². The lowest BCUT2D eigenvalue weighted by molar-refractivity contribution is -0.137. The van der Waals surface area contributed by atoms with Gasteiger partial charge in [-0.3, -0.25) is 9.10 Å². The fourth-order valence-corrected chi connectivity index (χ4v) is 4.40. The highest BCUT2D eigenvalue weighted by molar-refractivity contribution is 7.92. The van der Waals surface area contributed by atoms with E-state index in [0.717, 1.165) is 15.5 Å². The van der Waals surface area contributed by atoms with E-state index in [2.05, 4.69) is 25.6 Å². The number of sulfonamides is 1. The molecule has 0 aliphatic carbocycles. The molecule has 0 saturated carbocycles. The number of rotatable bonds is 8. The van der Waals surface area contributed by atoms with Crippen molar-refractivity contribution in [2.24, 2.45) is 0 Å². The van der Waals surface area contributed by atoms with Crippen LogP contribution in [0.25, 0.3) is 0 Å². The van der Waals surface area contributed by atoms with Crippen LogP contribution in [0.4, 0.5) is 45.2 Å². The molecule has 0 unspecified atom stereocenters. The zero-order valence-corrected chi connectivity index (χ0v) is 22.0. The third-order valence-electron chi connectivity index (χ3n) is 6.03. The predicted molar refractivity (Wildman–Crippen MR) is 137 cm³/mol. The Balaban J connectivity index is 1.57. The molecule has 2 aromatic heterocycles. The van der Waals surface area contributed by atoms with Crippen molar-refractivity contribution in [1.29, 1.82) is 0 Å². The van der Waals surface area contributed by atoms with Gasteiger partial charge in [-0.15, -0.1) is 0 Å². The third-order valence-corrected chi connectivity index (χ3v) is 7.19. The minimum Gasteiger partial charge on any atom is -0.365 e. The Kier molecular flexibility index (Phi) is 7.83. The van der Waals surface area contributed by atoms with E-state index in [9.17, 15) is 35.2 Å². The van der Waals surface area contributed by atoms with Gasteiger partial charge in [0.1, 0.15) is 17.2 Å². The van der Waals surface area contributed by atoms with Gasteiger partial charge in [0.2, 0.25) is 16.0 Å². The van der Waals surface area contributed by atoms with E-state index in [-0.39, 0.29) is 41.7 Å². The van der Waals surface area contributed by atoms with Gasteiger partial charge in [0.15, 0.2) is 0 Å². The molecule has 3 heterocycles. The second kappa shape index (κ2) is 10.8. The summed E-state index contributed by atoms with van der Waals surface area (Å²) in [4.78, 5) is 25.4. The Labute approximate surface area is 226 Å². The molecule has 1 saturated heterocycles. The number of aromatic nitrogens is 3. The van der Waals surface area contributed by atoms with Crippen LogP contribution in [0.3, 0.4) is 0 Å². The van der Waals surface area contributed by atoms with Crippen LogP contribution < -0.4 is 14.9 Å². The molecule has 1 aromatic carbocycles. The lowest BCUT2D eigenvalue weighted by Gasteiger charge is -2.20. The number of amides is 1. The number of pyridine rings is 1. The summed E-state index contributed by atoms with van der Waals surface area (Å²) in [6, 6.07) is 8.79. The monoisotopic (exact) mass is 585 g/mol. The van der Waals surface area contributed by atoms with Crippen molar-refractivity contribution in [2.75, 3.05) is 41.3 Å². The van der Waals surface area contributed by atoms with Crippen molar-refractivity contribution < 1.29 is 35.2 Å². The molecular formula is C24H24F5N7O3S. The molecule has 0 spiro atoms. The van der Waals surface area contributed by atoms with Crippen LogP contribution >= 0.6 is 0 Å². The van der Waals surface area contributed by atoms with Crippen LogP contribution in [0.2, 0.25) is 0 Å². The first-order valence-electron chi connectivity index (χ1n) is 11.7. The Morgan fingerprint density at radius 3 is 2.58 bits per heavy atom. The molecule has 3 aromatic rings. The van der Waals surface area contributed by atoms with Gasteiger partial charge in [-0.25, -0.2) is 27.2 Å². The van der Waals surface area contributed by atoms with Crippen molar-refractivity contribution in [3.63, 3.8) is 0 Å². The summed E-state index contributed by atoms with van der Waals surface area (Å²) in [5, 5.41) is 5.30. The zero-order valence-electron chi connectivity index (χ0n) is 21.2. The number of alkyl halides is 5. The van der Waals surface area contributed by atoms with Gasteiger partial charge >= 0.3 is 6.18 Å². The van der Waals surface area contributed by atoms with Crippen LogP contribution in [0.5, 0.6) is 0 Å². The quantitative estimate of drug-likeness (QED) is 0.379. The van der Waals surface area contributed by atoms with Gasteiger partial charge in [-0.2, -0.15) is 18.2 Å². The number of halogens is 5. The molecule has 0 radical (unpaired) electrons. The molecule has 1 amide bonds. The Hall–Kier alpha value is -4.08. The maximum Gasteiger partial charge on any atom is 0.421 e. The number of nitrogens with one attached hydrogen (secondary N) is 2. The molecule has 4 rings (SSSR count). The van der Waals surface area contributed by atoms with Crippen LogP contribution in [0.15, 0.2) is 48.8 Å². The van der Waals surface area contributed by atoms with Gasteiger partial charge < -0.3 is 15.5 Å². The smallest absolute Gasteiger partial charge is 0.365 e. The summed E-state index contributed by atoms with van der Waals surface area (Å²) in [5.41, 5.74) is -0.534. The maximum absolute atomic E-state index is 13.7. The molecule has 40 heavy (non-hydrogen) atoms. The van der Waals surface area contributed by atoms with E-state index in [0.29, 0.717) is 6.20 Å². The molecular weight excluding hydrogens is 561 g/mol. The highest BCUT2D eigenvalue weighted by atomic mass is 32.2. The van der Waals surface area contributed by atoms with E-state index < -0.39 is 52.4 Å². The van der Waals surface area contributed by atoms with E-state index in [4.69, 9.17) is 0 Å². The first-order valence-corrected chi connectivity index (χ1v) is 13.6. The summed E-state index contributed by atoms with van der Waals surface area (Å²) in [6.07, 6.45) is -2.36. The summed E-state index contributed by atoms with van der Waals surface area (Å²) >= 11 is 0. The normalized spacial score (nSPS) is 15.1. The first kappa shape index (κ1) is 28.9. The number of carbonyl (C=O) groups is 1. The van der Waals surface area contributed by atoms with E-state index >= 15 is 0 Å². The lowest BCUT2D eigenvalue weighted by atomic mass is 10.2. The number of likely N-dealkylation sites (tertiary alicyclic amines) is 1. The molecule has 0 bridgehead atoms. The molecule has 1 aliphatic rings. The summed E-state index contributed by atoms with van der Waals surface area (Å²) < 4.78 is 93.0. The molecule has 10 nitrogen and oxygen atoms in total. The molecule has 2 N–H and O–H groups in total. The van der Waals surface area contributed by atoms with Crippen molar-refractivity contribution in [1.82, 2.24) is 19.9 Å². The largest absolute Gasteiger partial charge is 0.421 e. The van der Waals surface area contributed by atoms with Gasteiger partial charge in [-0.1, -0.05) is 12.1 Å². The maximum atomic E-state index is 13.7.